The third-order valence-corrected chi connectivity index (χ3v) is 6.37. The van der Waals surface area contributed by atoms with E-state index < -0.39 is 27.9 Å². The third-order valence-electron chi connectivity index (χ3n) is 5.19. The number of amides is 1. The monoisotopic (exact) mass is 460 g/mol. The van der Waals surface area contributed by atoms with Crippen molar-refractivity contribution in [2.24, 2.45) is 0 Å². The summed E-state index contributed by atoms with van der Waals surface area (Å²) in [7, 11) is -3.71. The summed E-state index contributed by atoms with van der Waals surface area (Å²) in [4.78, 5) is 25.1. The van der Waals surface area contributed by atoms with Gasteiger partial charge < -0.3 is 10.1 Å². The van der Waals surface area contributed by atoms with Crippen LogP contribution in [0, 0.1) is 13.8 Å². The highest BCUT2D eigenvalue weighted by Gasteiger charge is 2.31. The number of unbranched alkanes of at least 4 members (excludes halogenated alkanes) is 1. The van der Waals surface area contributed by atoms with Crippen LogP contribution in [0.3, 0.4) is 0 Å². The SMILES string of the molecule is CCCCOC(=O)c1ccc(NC(=O)C(CC)N(c2ccc(C)c(C)c2)S(C)(=O)=O)cc1. The average molecular weight is 461 g/mol. The zero-order valence-electron chi connectivity index (χ0n) is 19.3. The minimum atomic E-state index is -3.71. The summed E-state index contributed by atoms with van der Waals surface area (Å²) < 4.78 is 31.6. The van der Waals surface area contributed by atoms with E-state index in [1.165, 1.54) is 0 Å². The summed E-state index contributed by atoms with van der Waals surface area (Å²) in [6, 6.07) is 10.7. The molecule has 8 heteroatoms. The van der Waals surface area contributed by atoms with E-state index in [9.17, 15) is 18.0 Å². The second kappa shape index (κ2) is 11.1. The van der Waals surface area contributed by atoms with Crippen LogP contribution >= 0.6 is 0 Å². The van der Waals surface area contributed by atoms with E-state index in [1.807, 2.05) is 26.8 Å². The second-order valence-corrected chi connectivity index (χ2v) is 9.67. The lowest BCUT2D eigenvalue weighted by molar-refractivity contribution is -0.117. The van der Waals surface area contributed by atoms with Gasteiger partial charge in [0.25, 0.3) is 0 Å². The van der Waals surface area contributed by atoms with Gasteiger partial charge in [0.1, 0.15) is 6.04 Å². The number of benzene rings is 2. The van der Waals surface area contributed by atoms with E-state index in [0.29, 0.717) is 23.5 Å². The van der Waals surface area contributed by atoms with Crippen LogP contribution < -0.4 is 9.62 Å². The summed E-state index contributed by atoms with van der Waals surface area (Å²) in [6.45, 7) is 7.98. The van der Waals surface area contributed by atoms with Crippen molar-refractivity contribution >= 4 is 33.3 Å². The van der Waals surface area contributed by atoms with Gasteiger partial charge in [-0.1, -0.05) is 26.3 Å². The predicted molar refractivity (Wildman–Crippen MR) is 128 cm³/mol. The lowest BCUT2D eigenvalue weighted by Crippen LogP contribution is -2.47. The Labute approximate surface area is 190 Å². The minimum Gasteiger partial charge on any atom is -0.462 e. The number of ether oxygens (including phenoxy) is 1. The Morgan fingerprint density at radius 3 is 2.22 bits per heavy atom. The Morgan fingerprint density at radius 1 is 1.03 bits per heavy atom. The lowest BCUT2D eigenvalue weighted by atomic mass is 10.1. The van der Waals surface area contributed by atoms with Crippen LogP contribution in [0.4, 0.5) is 11.4 Å². The molecule has 1 unspecified atom stereocenters. The number of anilines is 2. The topological polar surface area (TPSA) is 92.8 Å². The Bertz CT molecular complexity index is 1050. The molecule has 32 heavy (non-hydrogen) atoms. The number of hydrogen-bond acceptors (Lipinski definition) is 5. The van der Waals surface area contributed by atoms with Crippen LogP contribution in [0.5, 0.6) is 0 Å². The van der Waals surface area contributed by atoms with Crippen LogP contribution in [-0.4, -0.2) is 39.2 Å². The fraction of sp³-hybridized carbons (Fsp3) is 0.417. The molecule has 1 amide bonds. The van der Waals surface area contributed by atoms with Gasteiger partial charge >= 0.3 is 5.97 Å². The average Bonchev–Trinajstić information content (AvgIpc) is 2.73. The van der Waals surface area contributed by atoms with Gasteiger partial charge in [0.15, 0.2) is 0 Å². The molecule has 0 saturated carbocycles. The normalized spacial score (nSPS) is 12.2. The number of esters is 1. The quantitative estimate of drug-likeness (QED) is 0.418. The number of rotatable bonds is 10. The summed E-state index contributed by atoms with van der Waals surface area (Å²) in [6.07, 6.45) is 3.11. The summed E-state index contributed by atoms with van der Waals surface area (Å²) >= 11 is 0. The van der Waals surface area contributed by atoms with E-state index in [-0.39, 0.29) is 6.42 Å². The maximum Gasteiger partial charge on any atom is 0.338 e. The molecule has 2 aromatic carbocycles. The first-order chi connectivity index (χ1) is 15.1. The number of nitrogens with zero attached hydrogens (tertiary/aromatic N) is 1. The molecule has 0 bridgehead atoms. The van der Waals surface area contributed by atoms with E-state index in [2.05, 4.69) is 5.32 Å². The highest BCUT2D eigenvalue weighted by molar-refractivity contribution is 7.92. The zero-order valence-corrected chi connectivity index (χ0v) is 20.2. The van der Waals surface area contributed by atoms with Gasteiger partial charge in [0, 0.05) is 5.69 Å². The molecule has 0 fully saturated rings. The molecule has 1 atom stereocenters. The van der Waals surface area contributed by atoms with Crippen molar-refractivity contribution in [1.29, 1.82) is 0 Å². The number of carbonyl (C=O) groups excluding carboxylic acids is 2. The molecule has 174 valence electrons. The summed E-state index contributed by atoms with van der Waals surface area (Å²) in [5.41, 5.74) is 3.27. The van der Waals surface area contributed by atoms with Gasteiger partial charge in [-0.15, -0.1) is 0 Å². The number of hydrogen-bond donors (Lipinski definition) is 1. The van der Waals surface area contributed by atoms with E-state index in [0.717, 1.165) is 34.5 Å². The fourth-order valence-electron chi connectivity index (χ4n) is 3.23. The highest BCUT2D eigenvalue weighted by Crippen LogP contribution is 2.25. The molecule has 0 spiro atoms. The number of sulfonamides is 1. The second-order valence-electron chi connectivity index (χ2n) is 7.81. The smallest absolute Gasteiger partial charge is 0.338 e. The molecule has 0 aliphatic rings. The maximum absolute atomic E-state index is 13.0. The highest BCUT2D eigenvalue weighted by atomic mass is 32.2. The largest absolute Gasteiger partial charge is 0.462 e. The molecule has 0 heterocycles. The van der Waals surface area contributed by atoms with Crippen LogP contribution in [-0.2, 0) is 19.6 Å². The van der Waals surface area contributed by atoms with Gasteiger partial charge in [-0.25, -0.2) is 13.2 Å². The molecule has 0 aliphatic carbocycles. The van der Waals surface area contributed by atoms with E-state index in [4.69, 9.17) is 4.74 Å². The van der Waals surface area contributed by atoms with Gasteiger partial charge in [-0.3, -0.25) is 9.10 Å². The van der Waals surface area contributed by atoms with Crippen LogP contribution in [0.25, 0.3) is 0 Å². The zero-order chi connectivity index (χ0) is 23.9. The van der Waals surface area contributed by atoms with Crippen LogP contribution in [0.15, 0.2) is 42.5 Å². The predicted octanol–water partition coefficient (Wildman–Crippen LogP) is 4.44. The number of nitrogens with one attached hydrogen (secondary N) is 1. The molecular formula is C24H32N2O5S. The van der Waals surface area contributed by atoms with Crippen molar-refractivity contribution in [3.63, 3.8) is 0 Å². The Kier molecular flexibility index (Phi) is 8.83. The van der Waals surface area contributed by atoms with E-state index in [1.54, 1.807) is 43.3 Å². The van der Waals surface area contributed by atoms with Gasteiger partial charge in [0.05, 0.1) is 24.1 Å². The Hall–Kier alpha value is -2.87. The fourth-order valence-corrected chi connectivity index (χ4v) is 4.43. The summed E-state index contributed by atoms with van der Waals surface area (Å²) in [5.74, 6) is -0.866. The minimum absolute atomic E-state index is 0.285. The Balaban J connectivity index is 2.21. The van der Waals surface area contributed by atoms with Gasteiger partial charge in [-0.05, 0) is 74.2 Å². The Morgan fingerprint density at radius 2 is 1.69 bits per heavy atom. The molecule has 0 radical (unpaired) electrons. The summed E-state index contributed by atoms with van der Waals surface area (Å²) in [5, 5.41) is 2.76. The van der Waals surface area contributed by atoms with Gasteiger partial charge in [0.2, 0.25) is 15.9 Å². The van der Waals surface area contributed by atoms with Crippen molar-refractivity contribution in [2.45, 2.75) is 53.0 Å². The van der Waals surface area contributed by atoms with Crippen LogP contribution in [0.2, 0.25) is 0 Å². The molecule has 2 aromatic rings. The van der Waals surface area contributed by atoms with Crippen molar-refractivity contribution in [3.05, 3.63) is 59.2 Å². The molecule has 0 aromatic heterocycles. The number of aryl methyl sites for hydroxylation is 2. The lowest BCUT2D eigenvalue weighted by Gasteiger charge is -2.30. The third kappa shape index (κ3) is 6.56. The van der Waals surface area contributed by atoms with Gasteiger partial charge in [-0.2, -0.15) is 0 Å². The van der Waals surface area contributed by atoms with Crippen LogP contribution in [0.1, 0.15) is 54.6 Å². The van der Waals surface area contributed by atoms with Crippen molar-refractivity contribution in [1.82, 2.24) is 0 Å². The maximum atomic E-state index is 13.0. The molecular weight excluding hydrogens is 428 g/mol. The first-order valence-corrected chi connectivity index (χ1v) is 12.6. The van der Waals surface area contributed by atoms with E-state index >= 15 is 0 Å². The first-order valence-electron chi connectivity index (χ1n) is 10.7. The molecule has 2 rings (SSSR count). The molecule has 0 aliphatic heterocycles. The first kappa shape index (κ1) is 25.4. The molecule has 1 N–H and O–H groups in total. The molecule has 0 saturated heterocycles. The van der Waals surface area contributed by atoms with Crippen molar-refractivity contribution in [2.75, 3.05) is 22.5 Å². The number of carbonyl (C=O) groups is 2. The van der Waals surface area contributed by atoms with Crippen molar-refractivity contribution < 1.29 is 22.7 Å². The van der Waals surface area contributed by atoms with Crippen molar-refractivity contribution in [3.8, 4) is 0 Å². The molecule has 7 nitrogen and oxygen atoms in total. The standard InChI is InChI=1S/C24H32N2O5S/c1-6-8-15-31-24(28)19-10-12-20(13-11-19)25-23(27)22(7-2)26(32(5,29)30)21-14-9-17(3)18(4)16-21/h9-14,16,22H,6-8,15H2,1-5H3,(H,25,27).